The van der Waals surface area contributed by atoms with E-state index in [-0.39, 0.29) is 5.91 Å². The minimum absolute atomic E-state index is 0.0270. The molecule has 1 amide bonds. The van der Waals surface area contributed by atoms with Crippen molar-refractivity contribution in [3.63, 3.8) is 0 Å². The number of likely N-dealkylation sites (N-methyl/N-ethyl adjacent to an activating group) is 1. The van der Waals surface area contributed by atoms with Crippen molar-refractivity contribution < 1.29 is 4.79 Å². The summed E-state index contributed by atoms with van der Waals surface area (Å²) in [4.78, 5) is 14.1. The van der Waals surface area contributed by atoms with E-state index in [1.807, 2.05) is 27.0 Å². The number of hydrogen-bond donors (Lipinski definition) is 1. The molecule has 0 saturated carbocycles. The fourth-order valence-corrected chi connectivity index (χ4v) is 2.30. The van der Waals surface area contributed by atoms with E-state index in [0.717, 1.165) is 25.2 Å². The second-order valence-corrected chi connectivity index (χ2v) is 4.96. The van der Waals surface area contributed by atoms with Crippen LogP contribution in [-0.4, -0.2) is 47.2 Å². The summed E-state index contributed by atoms with van der Waals surface area (Å²) in [6.07, 6.45) is 2.34. The molecule has 0 aliphatic carbocycles. The highest BCUT2D eigenvalue weighted by Gasteiger charge is 2.21. The van der Waals surface area contributed by atoms with E-state index in [2.05, 4.69) is 15.5 Å². The molecule has 2 heterocycles. The minimum atomic E-state index is 0.0270. The zero-order valence-electron chi connectivity index (χ0n) is 11.2. The first kappa shape index (κ1) is 13.0. The van der Waals surface area contributed by atoms with Gasteiger partial charge in [-0.2, -0.15) is 10.2 Å². The molecule has 1 atom stereocenters. The van der Waals surface area contributed by atoms with Gasteiger partial charge in [0.1, 0.15) is 0 Å². The van der Waals surface area contributed by atoms with Gasteiger partial charge in [0.15, 0.2) is 0 Å². The molecule has 0 spiro atoms. The van der Waals surface area contributed by atoms with Gasteiger partial charge in [-0.1, -0.05) is 0 Å². The fourth-order valence-electron chi connectivity index (χ4n) is 2.30. The van der Waals surface area contributed by atoms with Crippen molar-refractivity contribution in [2.24, 2.45) is 0 Å². The molecule has 1 aliphatic rings. The Balaban J connectivity index is 2.07. The molecule has 0 radical (unpaired) electrons. The van der Waals surface area contributed by atoms with Crippen molar-refractivity contribution in [1.82, 2.24) is 20.4 Å². The van der Waals surface area contributed by atoms with Gasteiger partial charge >= 0.3 is 0 Å². The summed E-state index contributed by atoms with van der Waals surface area (Å²) in [5.41, 5.74) is 2.12. The maximum absolute atomic E-state index is 12.3. The second kappa shape index (κ2) is 5.44. The molecule has 1 N–H and O–H groups in total. The molecule has 2 rings (SSSR count). The van der Waals surface area contributed by atoms with Crippen molar-refractivity contribution >= 4 is 5.91 Å². The third-order valence-electron chi connectivity index (χ3n) is 3.33. The SMILES string of the molecule is Cc1cc(C(=O)N(C)CC2CCCN2)c(C)nn1. The van der Waals surface area contributed by atoms with E-state index in [9.17, 15) is 4.79 Å². The van der Waals surface area contributed by atoms with E-state index in [0.29, 0.717) is 17.3 Å². The Bertz CT molecular complexity index is 441. The topological polar surface area (TPSA) is 58.1 Å². The van der Waals surface area contributed by atoms with Crippen LogP contribution in [0.4, 0.5) is 0 Å². The van der Waals surface area contributed by atoms with Crippen LogP contribution < -0.4 is 5.32 Å². The third-order valence-corrected chi connectivity index (χ3v) is 3.33. The normalized spacial score (nSPS) is 18.9. The predicted molar refractivity (Wildman–Crippen MR) is 69.5 cm³/mol. The van der Waals surface area contributed by atoms with Gasteiger partial charge in [0.05, 0.1) is 17.0 Å². The molecule has 1 aliphatic heterocycles. The largest absolute Gasteiger partial charge is 0.340 e. The zero-order valence-corrected chi connectivity index (χ0v) is 11.2. The van der Waals surface area contributed by atoms with Crippen LogP contribution in [-0.2, 0) is 0 Å². The first-order chi connectivity index (χ1) is 8.58. The van der Waals surface area contributed by atoms with Crippen LogP contribution in [0.2, 0.25) is 0 Å². The quantitative estimate of drug-likeness (QED) is 0.864. The highest BCUT2D eigenvalue weighted by molar-refractivity contribution is 5.95. The Kier molecular flexibility index (Phi) is 3.91. The predicted octanol–water partition coefficient (Wildman–Crippen LogP) is 0.917. The maximum atomic E-state index is 12.3. The summed E-state index contributed by atoms with van der Waals surface area (Å²) >= 11 is 0. The Morgan fingerprint density at radius 1 is 1.50 bits per heavy atom. The van der Waals surface area contributed by atoms with Gasteiger partial charge in [0.2, 0.25) is 0 Å². The molecule has 98 valence electrons. The summed E-state index contributed by atoms with van der Waals surface area (Å²) in [5.74, 6) is 0.0270. The van der Waals surface area contributed by atoms with Gasteiger partial charge in [-0.15, -0.1) is 0 Å². The van der Waals surface area contributed by atoms with E-state index in [4.69, 9.17) is 0 Å². The molecule has 1 fully saturated rings. The number of nitrogens with zero attached hydrogens (tertiary/aromatic N) is 3. The molecule has 5 heteroatoms. The standard InChI is InChI=1S/C13H20N4O/c1-9-7-12(10(2)16-15-9)13(18)17(3)8-11-5-4-6-14-11/h7,11,14H,4-6,8H2,1-3H3. The molecule has 1 saturated heterocycles. The Labute approximate surface area is 108 Å². The summed E-state index contributed by atoms with van der Waals surface area (Å²) in [6, 6.07) is 2.23. The molecular weight excluding hydrogens is 228 g/mol. The number of aromatic nitrogens is 2. The summed E-state index contributed by atoms with van der Waals surface area (Å²) < 4.78 is 0. The molecule has 1 aromatic heterocycles. The average Bonchev–Trinajstić information content (AvgIpc) is 2.84. The van der Waals surface area contributed by atoms with Crippen LogP contribution in [0.5, 0.6) is 0 Å². The van der Waals surface area contributed by atoms with Crippen molar-refractivity contribution in [1.29, 1.82) is 0 Å². The molecule has 0 aromatic carbocycles. The van der Waals surface area contributed by atoms with Crippen molar-refractivity contribution in [3.05, 3.63) is 23.0 Å². The van der Waals surface area contributed by atoms with Crippen LogP contribution in [0.3, 0.4) is 0 Å². The van der Waals surface area contributed by atoms with Gasteiger partial charge in [-0.25, -0.2) is 0 Å². The molecule has 1 aromatic rings. The Morgan fingerprint density at radius 2 is 2.28 bits per heavy atom. The lowest BCUT2D eigenvalue weighted by Crippen LogP contribution is -2.39. The molecular formula is C13H20N4O. The summed E-state index contributed by atoms with van der Waals surface area (Å²) in [6.45, 7) is 5.48. The highest BCUT2D eigenvalue weighted by Crippen LogP contribution is 2.11. The number of rotatable bonds is 3. The Hall–Kier alpha value is -1.49. The number of nitrogens with one attached hydrogen (secondary N) is 1. The first-order valence-corrected chi connectivity index (χ1v) is 6.37. The molecule has 0 bridgehead atoms. The van der Waals surface area contributed by atoms with Crippen LogP contribution in [0.1, 0.15) is 34.6 Å². The van der Waals surface area contributed by atoms with E-state index >= 15 is 0 Å². The number of hydrogen-bond acceptors (Lipinski definition) is 4. The molecule has 5 nitrogen and oxygen atoms in total. The molecule has 1 unspecified atom stereocenters. The number of aryl methyl sites for hydroxylation is 2. The first-order valence-electron chi connectivity index (χ1n) is 6.37. The van der Waals surface area contributed by atoms with Gasteiger partial charge < -0.3 is 10.2 Å². The summed E-state index contributed by atoms with van der Waals surface area (Å²) in [7, 11) is 1.84. The van der Waals surface area contributed by atoms with Gasteiger partial charge in [0.25, 0.3) is 5.91 Å². The third kappa shape index (κ3) is 2.85. The smallest absolute Gasteiger partial charge is 0.255 e. The lowest BCUT2D eigenvalue weighted by Gasteiger charge is -2.22. The average molecular weight is 248 g/mol. The fraction of sp³-hybridized carbons (Fsp3) is 0.615. The van der Waals surface area contributed by atoms with Gasteiger partial charge in [-0.05, 0) is 39.3 Å². The maximum Gasteiger partial charge on any atom is 0.255 e. The van der Waals surface area contributed by atoms with Crippen LogP contribution in [0.15, 0.2) is 6.07 Å². The van der Waals surface area contributed by atoms with Crippen molar-refractivity contribution in [2.45, 2.75) is 32.7 Å². The number of carbonyl (C=O) groups excluding carboxylic acids is 1. The van der Waals surface area contributed by atoms with Crippen LogP contribution in [0, 0.1) is 13.8 Å². The van der Waals surface area contributed by atoms with Crippen LogP contribution >= 0.6 is 0 Å². The van der Waals surface area contributed by atoms with Gasteiger partial charge in [0, 0.05) is 19.6 Å². The van der Waals surface area contributed by atoms with Gasteiger partial charge in [-0.3, -0.25) is 4.79 Å². The number of amides is 1. The minimum Gasteiger partial charge on any atom is -0.340 e. The monoisotopic (exact) mass is 248 g/mol. The van der Waals surface area contributed by atoms with Crippen molar-refractivity contribution in [2.75, 3.05) is 20.1 Å². The number of carbonyl (C=O) groups is 1. The second-order valence-electron chi connectivity index (χ2n) is 4.96. The Morgan fingerprint density at radius 3 is 2.94 bits per heavy atom. The molecule has 18 heavy (non-hydrogen) atoms. The summed E-state index contributed by atoms with van der Waals surface area (Å²) in [5, 5.41) is 11.4. The van der Waals surface area contributed by atoms with E-state index in [1.54, 1.807) is 4.90 Å². The van der Waals surface area contributed by atoms with Crippen LogP contribution in [0.25, 0.3) is 0 Å². The van der Waals surface area contributed by atoms with E-state index in [1.165, 1.54) is 6.42 Å². The van der Waals surface area contributed by atoms with Crippen molar-refractivity contribution in [3.8, 4) is 0 Å². The lowest BCUT2D eigenvalue weighted by atomic mass is 10.1. The lowest BCUT2D eigenvalue weighted by molar-refractivity contribution is 0.0782. The zero-order chi connectivity index (χ0) is 13.1. The highest BCUT2D eigenvalue weighted by atomic mass is 16.2. The van der Waals surface area contributed by atoms with E-state index < -0.39 is 0 Å².